The zero-order chi connectivity index (χ0) is 13.2. The standard InChI is InChI=1S/C8H5F3N2O4/c1-17-7(14)5-2-4(13(15)16)3-12-6(5)8(9,10)11/h2-3H,1H3. The Balaban J connectivity index is 3.42. The molecule has 0 bridgehead atoms. The highest BCUT2D eigenvalue weighted by atomic mass is 19.4. The van der Waals surface area contributed by atoms with Gasteiger partial charge in [0.1, 0.15) is 6.20 Å². The van der Waals surface area contributed by atoms with Crippen LogP contribution in [0.3, 0.4) is 0 Å². The summed E-state index contributed by atoms with van der Waals surface area (Å²) in [4.78, 5) is 23.3. The van der Waals surface area contributed by atoms with E-state index < -0.39 is 34.0 Å². The van der Waals surface area contributed by atoms with Gasteiger partial charge in [-0.15, -0.1) is 0 Å². The van der Waals surface area contributed by atoms with Gasteiger partial charge in [-0.1, -0.05) is 0 Å². The van der Waals surface area contributed by atoms with Gasteiger partial charge in [0.15, 0.2) is 5.69 Å². The summed E-state index contributed by atoms with van der Waals surface area (Å²) >= 11 is 0. The summed E-state index contributed by atoms with van der Waals surface area (Å²) in [5.41, 5.74) is -3.23. The van der Waals surface area contributed by atoms with Gasteiger partial charge in [0, 0.05) is 6.07 Å². The van der Waals surface area contributed by atoms with Crippen LogP contribution in [0.1, 0.15) is 16.1 Å². The van der Waals surface area contributed by atoms with Gasteiger partial charge < -0.3 is 4.74 Å². The second kappa shape index (κ2) is 4.36. The van der Waals surface area contributed by atoms with Crippen molar-refractivity contribution >= 4 is 11.7 Å². The summed E-state index contributed by atoms with van der Waals surface area (Å²) in [5.74, 6) is -1.34. The number of ether oxygens (including phenoxy) is 1. The molecule has 1 aromatic heterocycles. The number of methoxy groups -OCH3 is 1. The number of nitro groups is 1. The molecular formula is C8H5F3N2O4. The minimum absolute atomic E-state index is 0.426. The molecular weight excluding hydrogens is 245 g/mol. The van der Waals surface area contributed by atoms with Gasteiger partial charge >= 0.3 is 12.1 Å². The molecule has 0 aliphatic heterocycles. The summed E-state index contributed by atoms with van der Waals surface area (Å²) in [6.07, 6.45) is -4.46. The Bertz CT molecular complexity index is 472. The molecule has 6 nitrogen and oxygen atoms in total. The second-order valence-electron chi connectivity index (χ2n) is 2.84. The van der Waals surface area contributed by atoms with Gasteiger partial charge in [-0.2, -0.15) is 13.2 Å². The quantitative estimate of drug-likeness (QED) is 0.454. The number of carbonyl (C=O) groups is 1. The van der Waals surface area contributed by atoms with Gasteiger partial charge in [0.05, 0.1) is 17.6 Å². The van der Waals surface area contributed by atoms with E-state index in [2.05, 4.69) is 9.72 Å². The van der Waals surface area contributed by atoms with Crippen molar-refractivity contribution in [1.29, 1.82) is 0 Å². The number of esters is 1. The summed E-state index contributed by atoms with van der Waals surface area (Å²) in [6, 6.07) is 0.474. The number of hydrogen-bond donors (Lipinski definition) is 0. The summed E-state index contributed by atoms with van der Waals surface area (Å²) in [5, 5.41) is 10.4. The predicted molar refractivity (Wildman–Crippen MR) is 47.2 cm³/mol. The zero-order valence-electron chi connectivity index (χ0n) is 8.32. The molecule has 1 heterocycles. The molecule has 0 saturated heterocycles. The van der Waals surface area contributed by atoms with Crippen LogP contribution in [0, 0.1) is 10.1 Å². The molecule has 0 atom stereocenters. The van der Waals surface area contributed by atoms with Gasteiger partial charge in [0.25, 0.3) is 5.69 Å². The van der Waals surface area contributed by atoms with E-state index in [9.17, 15) is 28.1 Å². The fourth-order valence-corrected chi connectivity index (χ4v) is 1.05. The van der Waals surface area contributed by atoms with Crippen LogP contribution in [-0.2, 0) is 10.9 Å². The lowest BCUT2D eigenvalue weighted by Gasteiger charge is -2.09. The van der Waals surface area contributed by atoms with E-state index in [1.165, 1.54) is 0 Å². The molecule has 0 N–H and O–H groups in total. The average Bonchev–Trinajstić information content (AvgIpc) is 2.25. The van der Waals surface area contributed by atoms with Gasteiger partial charge in [-0.05, 0) is 0 Å². The number of alkyl halides is 3. The van der Waals surface area contributed by atoms with Crippen molar-refractivity contribution in [2.24, 2.45) is 0 Å². The molecule has 0 spiro atoms. The van der Waals surface area contributed by atoms with E-state index in [0.29, 0.717) is 12.3 Å². The molecule has 0 saturated carbocycles. The first-order valence-electron chi connectivity index (χ1n) is 4.07. The zero-order valence-corrected chi connectivity index (χ0v) is 8.32. The Hall–Kier alpha value is -2.19. The van der Waals surface area contributed by atoms with Crippen molar-refractivity contribution in [3.8, 4) is 0 Å². The van der Waals surface area contributed by atoms with E-state index in [1.807, 2.05) is 0 Å². The lowest BCUT2D eigenvalue weighted by atomic mass is 10.1. The third kappa shape index (κ3) is 2.68. The number of carbonyl (C=O) groups excluding carboxylic acids is 1. The Morgan fingerprint density at radius 3 is 2.53 bits per heavy atom. The van der Waals surface area contributed by atoms with Gasteiger partial charge in [0.2, 0.25) is 0 Å². The molecule has 0 unspecified atom stereocenters. The Kier molecular flexibility index (Phi) is 3.30. The maximum absolute atomic E-state index is 12.4. The van der Waals surface area contributed by atoms with Crippen LogP contribution in [0.5, 0.6) is 0 Å². The molecule has 0 fully saturated rings. The largest absolute Gasteiger partial charge is 0.465 e. The number of hydrogen-bond acceptors (Lipinski definition) is 5. The minimum Gasteiger partial charge on any atom is -0.465 e. The highest BCUT2D eigenvalue weighted by molar-refractivity contribution is 5.91. The van der Waals surface area contributed by atoms with Gasteiger partial charge in [-0.25, -0.2) is 9.78 Å². The van der Waals surface area contributed by atoms with E-state index in [-0.39, 0.29) is 0 Å². The molecule has 1 aromatic rings. The lowest BCUT2D eigenvalue weighted by molar-refractivity contribution is -0.385. The van der Waals surface area contributed by atoms with E-state index >= 15 is 0 Å². The molecule has 0 aliphatic carbocycles. The minimum atomic E-state index is -4.89. The molecule has 0 radical (unpaired) electrons. The fourth-order valence-electron chi connectivity index (χ4n) is 1.05. The first-order chi connectivity index (χ1) is 7.77. The third-order valence-corrected chi connectivity index (χ3v) is 1.76. The van der Waals surface area contributed by atoms with E-state index in [4.69, 9.17) is 0 Å². The Morgan fingerprint density at radius 1 is 1.53 bits per heavy atom. The third-order valence-electron chi connectivity index (χ3n) is 1.76. The Labute approximate surface area is 92.2 Å². The fraction of sp³-hybridized carbons (Fsp3) is 0.250. The van der Waals surface area contributed by atoms with Crippen LogP contribution in [0.15, 0.2) is 12.3 Å². The number of halogens is 3. The van der Waals surface area contributed by atoms with Crippen molar-refractivity contribution in [2.75, 3.05) is 7.11 Å². The molecule has 0 aliphatic rings. The maximum atomic E-state index is 12.4. The average molecular weight is 250 g/mol. The van der Waals surface area contributed by atoms with Crippen molar-refractivity contribution in [2.45, 2.75) is 6.18 Å². The van der Waals surface area contributed by atoms with E-state index in [0.717, 1.165) is 7.11 Å². The molecule has 92 valence electrons. The summed E-state index contributed by atoms with van der Waals surface area (Å²) < 4.78 is 41.4. The molecule has 0 aromatic carbocycles. The van der Waals surface area contributed by atoms with Crippen LogP contribution >= 0.6 is 0 Å². The normalized spacial score (nSPS) is 11.1. The van der Waals surface area contributed by atoms with Crippen molar-refractivity contribution in [1.82, 2.24) is 4.98 Å². The molecule has 1 rings (SSSR count). The van der Waals surface area contributed by atoms with Gasteiger partial charge in [-0.3, -0.25) is 10.1 Å². The topological polar surface area (TPSA) is 82.3 Å². The van der Waals surface area contributed by atoms with Crippen LogP contribution in [0.25, 0.3) is 0 Å². The second-order valence-corrected chi connectivity index (χ2v) is 2.84. The summed E-state index contributed by atoms with van der Waals surface area (Å²) in [6.45, 7) is 0. The first kappa shape index (κ1) is 12.9. The Morgan fingerprint density at radius 2 is 2.12 bits per heavy atom. The predicted octanol–water partition coefficient (Wildman–Crippen LogP) is 1.80. The van der Waals surface area contributed by atoms with Crippen molar-refractivity contribution in [3.63, 3.8) is 0 Å². The van der Waals surface area contributed by atoms with Crippen LogP contribution in [0.4, 0.5) is 18.9 Å². The highest BCUT2D eigenvalue weighted by Crippen LogP contribution is 2.32. The molecule has 0 amide bonds. The molecule has 9 heteroatoms. The summed E-state index contributed by atoms with van der Waals surface area (Å²) in [7, 11) is 0.862. The lowest BCUT2D eigenvalue weighted by Crippen LogP contribution is -2.16. The number of pyridine rings is 1. The smallest absolute Gasteiger partial charge is 0.434 e. The monoisotopic (exact) mass is 250 g/mol. The van der Waals surface area contributed by atoms with E-state index in [1.54, 1.807) is 0 Å². The van der Waals surface area contributed by atoms with Crippen LogP contribution in [-0.4, -0.2) is 23.0 Å². The number of aromatic nitrogens is 1. The number of rotatable bonds is 2. The first-order valence-corrected chi connectivity index (χ1v) is 4.07. The maximum Gasteiger partial charge on any atom is 0.434 e. The number of nitrogens with zero attached hydrogens (tertiary/aromatic N) is 2. The van der Waals surface area contributed by atoms with Crippen LogP contribution < -0.4 is 0 Å². The SMILES string of the molecule is COC(=O)c1cc([N+](=O)[O-])cnc1C(F)(F)F. The highest BCUT2D eigenvalue weighted by Gasteiger charge is 2.38. The van der Waals surface area contributed by atoms with Crippen molar-refractivity contribution < 1.29 is 27.6 Å². The molecule has 17 heavy (non-hydrogen) atoms. The van der Waals surface area contributed by atoms with Crippen LogP contribution in [0.2, 0.25) is 0 Å². The van der Waals surface area contributed by atoms with Crippen molar-refractivity contribution in [3.05, 3.63) is 33.6 Å².